The molecule has 0 unspecified atom stereocenters. The van der Waals surface area contributed by atoms with Gasteiger partial charge in [0.15, 0.2) is 0 Å². The molecule has 1 nitrogen and oxygen atoms in total. The van der Waals surface area contributed by atoms with Gasteiger partial charge in [0.05, 0.1) is 0 Å². The molecule has 1 aromatic rings. The summed E-state index contributed by atoms with van der Waals surface area (Å²) in [5, 5.41) is 9.96. The highest BCUT2D eigenvalue weighted by Crippen LogP contribution is 2.28. The Bertz CT molecular complexity index is 457. The topological polar surface area (TPSA) is 20.2 Å². The van der Waals surface area contributed by atoms with E-state index < -0.39 is 0 Å². The van der Waals surface area contributed by atoms with E-state index in [1.807, 2.05) is 12.1 Å². The lowest BCUT2D eigenvalue weighted by Crippen LogP contribution is -2.09. The van der Waals surface area contributed by atoms with E-state index in [4.69, 9.17) is 0 Å². The van der Waals surface area contributed by atoms with Crippen molar-refractivity contribution >= 4 is 22.6 Å². The number of phenols is 1. The maximum Gasteiger partial charge on any atom is 0.116 e. The number of benzene rings is 1. The van der Waals surface area contributed by atoms with Crippen LogP contribution in [0.1, 0.15) is 77.8 Å². The Morgan fingerprint density at radius 1 is 0.909 bits per heavy atom. The van der Waals surface area contributed by atoms with Gasteiger partial charge in [0.1, 0.15) is 5.75 Å². The fraction of sp³-hybridized carbons (Fsp3) is 0.700. The summed E-state index contributed by atoms with van der Waals surface area (Å²) in [6.07, 6.45) is 8.20. The van der Waals surface area contributed by atoms with Crippen LogP contribution in [0.2, 0.25) is 0 Å². The molecule has 0 saturated heterocycles. The minimum absolute atomic E-state index is 0.364. The van der Waals surface area contributed by atoms with E-state index in [1.54, 1.807) is 0 Å². The lowest BCUT2D eigenvalue weighted by molar-refractivity contribution is 0.313. The second-order valence-electron chi connectivity index (χ2n) is 7.95. The van der Waals surface area contributed by atoms with Crippen molar-refractivity contribution in [2.45, 2.75) is 83.0 Å². The Morgan fingerprint density at radius 2 is 1.41 bits per heavy atom. The Hall–Kier alpha value is -0.250. The first-order valence-corrected chi connectivity index (χ1v) is 9.70. The number of phenolic OH excluding ortho intramolecular Hbond substituents is 1. The molecule has 1 aromatic carbocycles. The van der Waals surface area contributed by atoms with E-state index >= 15 is 0 Å². The third-order valence-corrected chi connectivity index (χ3v) is 5.09. The summed E-state index contributed by atoms with van der Waals surface area (Å²) < 4.78 is 0.364. The summed E-state index contributed by atoms with van der Waals surface area (Å²) in [6, 6.07) is 6.16. The zero-order chi connectivity index (χ0) is 16.8. The minimum Gasteiger partial charge on any atom is -0.508 e. The molecule has 0 bridgehead atoms. The van der Waals surface area contributed by atoms with Gasteiger partial charge in [-0.2, -0.15) is 0 Å². The summed E-state index contributed by atoms with van der Waals surface area (Å²) in [5.41, 5.74) is 3.01. The molecule has 0 saturated carbocycles. The van der Waals surface area contributed by atoms with Crippen molar-refractivity contribution in [1.29, 1.82) is 0 Å². The molecule has 0 atom stereocenters. The van der Waals surface area contributed by atoms with Crippen molar-refractivity contribution < 1.29 is 5.11 Å². The van der Waals surface area contributed by atoms with Gasteiger partial charge in [-0.3, -0.25) is 0 Å². The SMILES string of the molecule is CCC(C)(C)CCCc1cc(O)cc(CCCC(C)(C)I)c1. The van der Waals surface area contributed by atoms with Gasteiger partial charge in [-0.05, 0) is 67.2 Å². The molecule has 2 heteroatoms. The monoisotopic (exact) mass is 416 g/mol. The number of hydrogen-bond donors (Lipinski definition) is 1. The molecule has 0 radical (unpaired) electrons. The van der Waals surface area contributed by atoms with E-state index in [-0.39, 0.29) is 0 Å². The first kappa shape index (κ1) is 19.8. The third-order valence-electron chi connectivity index (χ3n) is 4.55. The lowest BCUT2D eigenvalue weighted by Gasteiger charge is -2.22. The molecule has 0 aliphatic rings. The quantitative estimate of drug-likeness (QED) is 0.351. The molecule has 0 aliphatic heterocycles. The molecule has 22 heavy (non-hydrogen) atoms. The van der Waals surface area contributed by atoms with Gasteiger partial charge in [0, 0.05) is 3.42 Å². The summed E-state index contributed by atoms with van der Waals surface area (Å²) in [5.74, 6) is 0.427. The Labute approximate surface area is 151 Å². The Balaban J connectivity index is 2.55. The number of rotatable bonds is 9. The third kappa shape index (κ3) is 8.40. The molecule has 0 aliphatic carbocycles. The van der Waals surface area contributed by atoms with Crippen LogP contribution in [-0.2, 0) is 12.8 Å². The van der Waals surface area contributed by atoms with Crippen molar-refractivity contribution in [3.63, 3.8) is 0 Å². The predicted octanol–water partition coefficient (Wildman–Crippen LogP) is 6.69. The van der Waals surface area contributed by atoms with E-state index in [0.29, 0.717) is 14.6 Å². The standard InChI is InChI=1S/C20H33IO/c1-6-19(2,3)11-7-9-16-13-17(15-18(22)14-16)10-8-12-20(4,5)21/h13-15,22H,6-12H2,1-5H3. The molecular formula is C20H33IO. The zero-order valence-electron chi connectivity index (χ0n) is 15.0. The molecular weight excluding hydrogens is 383 g/mol. The zero-order valence-corrected chi connectivity index (χ0v) is 17.2. The van der Waals surface area contributed by atoms with Crippen LogP contribution in [0.15, 0.2) is 18.2 Å². The predicted molar refractivity (Wildman–Crippen MR) is 106 cm³/mol. The van der Waals surface area contributed by atoms with Crippen LogP contribution in [-0.4, -0.2) is 8.53 Å². The van der Waals surface area contributed by atoms with Crippen LogP contribution in [0.5, 0.6) is 5.75 Å². The maximum absolute atomic E-state index is 9.96. The smallest absolute Gasteiger partial charge is 0.116 e. The van der Waals surface area contributed by atoms with E-state index in [2.05, 4.69) is 63.3 Å². The number of aryl methyl sites for hydroxylation is 2. The van der Waals surface area contributed by atoms with Crippen molar-refractivity contribution in [2.24, 2.45) is 5.41 Å². The first-order chi connectivity index (χ1) is 10.1. The van der Waals surface area contributed by atoms with Gasteiger partial charge in [0.2, 0.25) is 0 Å². The molecule has 0 spiro atoms. The molecule has 0 heterocycles. The molecule has 1 rings (SSSR count). The van der Waals surface area contributed by atoms with Crippen molar-refractivity contribution in [3.8, 4) is 5.75 Å². The second kappa shape index (κ2) is 8.56. The largest absolute Gasteiger partial charge is 0.508 e. The van der Waals surface area contributed by atoms with E-state index in [9.17, 15) is 5.11 Å². The van der Waals surface area contributed by atoms with Crippen LogP contribution in [0.25, 0.3) is 0 Å². The molecule has 0 amide bonds. The van der Waals surface area contributed by atoms with Gasteiger partial charge in [-0.15, -0.1) is 0 Å². The number of halogens is 1. The summed E-state index contributed by atoms with van der Waals surface area (Å²) in [7, 11) is 0. The molecule has 126 valence electrons. The van der Waals surface area contributed by atoms with Gasteiger partial charge >= 0.3 is 0 Å². The highest BCUT2D eigenvalue weighted by atomic mass is 127. The van der Waals surface area contributed by atoms with Crippen LogP contribution in [0.3, 0.4) is 0 Å². The van der Waals surface area contributed by atoms with E-state index in [0.717, 1.165) is 12.8 Å². The van der Waals surface area contributed by atoms with Crippen LogP contribution < -0.4 is 0 Å². The number of alkyl halides is 1. The van der Waals surface area contributed by atoms with E-state index in [1.165, 1.54) is 43.2 Å². The molecule has 1 N–H and O–H groups in total. The second-order valence-corrected chi connectivity index (χ2v) is 10.9. The number of aromatic hydroxyl groups is 1. The van der Waals surface area contributed by atoms with Gasteiger partial charge in [-0.25, -0.2) is 0 Å². The summed E-state index contributed by atoms with van der Waals surface area (Å²) in [4.78, 5) is 0. The van der Waals surface area contributed by atoms with Crippen LogP contribution in [0, 0.1) is 5.41 Å². The van der Waals surface area contributed by atoms with Crippen molar-refractivity contribution in [3.05, 3.63) is 29.3 Å². The van der Waals surface area contributed by atoms with Crippen LogP contribution >= 0.6 is 22.6 Å². The first-order valence-electron chi connectivity index (χ1n) is 8.62. The Morgan fingerprint density at radius 3 is 1.86 bits per heavy atom. The fourth-order valence-corrected chi connectivity index (χ4v) is 3.07. The number of hydrogen-bond acceptors (Lipinski definition) is 1. The summed E-state index contributed by atoms with van der Waals surface area (Å²) >= 11 is 2.51. The summed E-state index contributed by atoms with van der Waals surface area (Å²) in [6.45, 7) is 11.5. The van der Waals surface area contributed by atoms with Crippen molar-refractivity contribution in [2.75, 3.05) is 0 Å². The van der Waals surface area contributed by atoms with Gasteiger partial charge in [-0.1, -0.05) is 69.7 Å². The Kier molecular flexibility index (Phi) is 7.70. The van der Waals surface area contributed by atoms with Crippen LogP contribution in [0.4, 0.5) is 0 Å². The highest BCUT2D eigenvalue weighted by Gasteiger charge is 2.14. The molecule has 0 aromatic heterocycles. The average molecular weight is 416 g/mol. The lowest BCUT2D eigenvalue weighted by atomic mass is 9.84. The minimum atomic E-state index is 0.364. The average Bonchev–Trinajstić information content (AvgIpc) is 2.36. The van der Waals surface area contributed by atoms with Gasteiger partial charge < -0.3 is 5.11 Å². The maximum atomic E-state index is 9.96. The fourth-order valence-electron chi connectivity index (χ4n) is 2.69. The molecule has 0 fully saturated rings. The van der Waals surface area contributed by atoms with Gasteiger partial charge in [0.25, 0.3) is 0 Å². The van der Waals surface area contributed by atoms with Crippen molar-refractivity contribution in [1.82, 2.24) is 0 Å². The normalized spacial score (nSPS) is 12.6. The highest BCUT2D eigenvalue weighted by molar-refractivity contribution is 14.1.